The summed E-state index contributed by atoms with van der Waals surface area (Å²) in [4.78, 5) is 15.0. The van der Waals surface area contributed by atoms with Crippen LogP contribution in [-0.2, 0) is 14.3 Å². The van der Waals surface area contributed by atoms with Crippen LogP contribution in [0.3, 0.4) is 0 Å². The number of ether oxygens (including phenoxy) is 2. The van der Waals surface area contributed by atoms with Gasteiger partial charge in [-0.3, -0.25) is 9.69 Å². The van der Waals surface area contributed by atoms with Gasteiger partial charge in [-0.25, -0.2) is 0 Å². The van der Waals surface area contributed by atoms with E-state index in [1.165, 1.54) is 12.8 Å². The Morgan fingerprint density at radius 1 is 1.21 bits per heavy atom. The molecule has 1 amide bonds. The molecule has 1 aromatic rings. The number of carbonyl (C=O) groups excluding carboxylic acids is 1. The zero-order chi connectivity index (χ0) is 16.6. The molecule has 0 aromatic heterocycles. The SMILES string of the molecule is O=C(NCCN1CCOCC1)[C@H](OC1CCCC1)c1ccccc1. The van der Waals surface area contributed by atoms with E-state index in [1.807, 2.05) is 30.3 Å². The molecular formula is C19H28N2O3. The molecule has 1 atom stereocenters. The second kappa shape index (κ2) is 9.16. The average Bonchev–Trinajstić information content (AvgIpc) is 3.14. The summed E-state index contributed by atoms with van der Waals surface area (Å²) in [6.07, 6.45) is 4.23. The summed E-state index contributed by atoms with van der Waals surface area (Å²) in [6, 6.07) is 9.83. The summed E-state index contributed by atoms with van der Waals surface area (Å²) >= 11 is 0. The van der Waals surface area contributed by atoms with Gasteiger partial charge in [-0.05, 0) is 18.4 Å². The fourth-order valence-electron chi connectivity index (χ4n) is 3.39. The molecule has 0 bridgehead atoms. The lowest BCUT2D eigenvalue weighted by Crippen LogP contribution is -2.42. The van der Waals surface area contributed by atoms with Gasteiger partial charge in [0.25, 0.3) is 5.91 Å². The lowest BCUT2D eigenvalue weighted by Gasteiger charge is -2.27. The third kappa shape index (κ3) is 5.03. The van der Waals surface area contributed by atoms with E-state index in [1.54, 1.807) is 0 Å². The minimum Gasteiger partial charge on any atom is -0.379 e. The van der Waals surface area contributed by atoms with E-state index in [-0.39, 0.29) is 12.0 Å². The van der Waals surface area contributed by atoms with Gasteiger partial charge in [0.2, 0.25) is 0 Å². The molecule has 2 fully saturated rings. The van der Waals surface area contributed by atoms with Gasteiger partial charge < -0.3 is 14.8 Å². The van der Waals surface area contributed by atoms with Gasteiger partial charge in [0.15, 0.2) is 6.10 Å². The number of benzene rings is 1. The van der Waals surface area contributed by atoms with Crippen LogP contribution in [-0.4, -0.2) is 56.3 Å². The number of amides is 1. The van der Waals surface area contributed by atoms with E-state index in [9.17, 15) is 4.79 Å². The van der Waals surface area contributed by atoms with Crippen molar-refractivity contribution in [3.63, 3.8) is 0 Å². The first kappa shape index (κ1) is 17.4. The number of carbonyl (C=O) groups is 1. The highest BCUT2D eigenvalue weighted by Gasteiger charge is 2.27. The standard InChI is InChI=1S/C19H28N2O3/c22-19(20-10-11-21-12-14-23-15-13-21)18(16-6-2-1-3-7-16)24-17-8-4-5-9-17/h1-3,6-7,17-18H,4-5,8-15H2,(H,20,22)/t18-/m1/s1. The molecular weight excluding hydrogens is 304 g/mol. The first-order valence-corrected chi connectivity index (χ1v) is 9.11. The molecule has 3 rings (SSSR count). The lowest BCUT2D eigenvalue weighted by molar-refractivity contribution is -0.137. The van der Waals surface area contributed by atoms with Crippen molar-refractivity contribution in [1.82, 2.24) is 10.2 Å². The molecule has 1 saturated carbocycles. The van der Waals surface area contributed by atoms with E-state index < -0.39 is 6.10 Å². The quantitative estimate of drug-likeness (QED) is 0.831. The Labute approximate surface area is 144 Å². The van der Waals surface area contributed by atoms with Crippen LogP contribution in [0.1, 0.15) is 37.4 Å². The second-order valence-electron chi connectivity index (χ2n) is 6.58. The number of hydrogen-bond donors (Lipinski definition) is 1. The van der Waals surface area contributed by atoms with Crippen LogP contribution in [0, 0.1) is 0 Å². The van der Waals surface area contributed by atoms with Crippen LogP contribution in [0.5, 0.6) is 0 Å². The topological polar surface area (TPSA) is 50.8 Å². The van der Waals surface area contributed by atoms with E-state index in [4.69, 9.17) is 9.47 Å². The second-order valence-corrected chi connectivity index (χ2v) is 6.58. The first-order valence-electron chi connectivity index (χ1n) is 9.11. The Bertz CT molecular complexity index is 497. The van der Waals surface area contributed by atoms with Gasteiger partial charge >= 0.3 is 0 Å². The molecule has 132 valence electrons. The Morgan fingerprint density at radius 2 is 1.92 bits per heavy atom. The summed E-state index contributed by atoms with van der Waals surface area (Å²) < 4.78 is 11.5. The maximum absolute atomic E-state index is 12.7. The lowest BCUT2D eigenvalue weighted by atomic mass is 10.1. The fourth-order valence-corrected chi connectivity index (χ4v) is 3.39. The average molecular weight is 332 g/mol. The number of nitrogens with zero attached hydrogens (tertiary/aromatic N) is 1. The van der Waals surface area contributed by atoms with E-state index in [0.29, 0.717) is 6.54 Å². The van der Waals surface area contributed by atoms with E-state index in [0.717, 1.165) is 51.3 Å². The van der Waals surface area contributed by atoms with Crippen molar-refractivity contribution >= 4 is 5.91 Å². The summed E-state index contributed by atoms with van der Waals surface area (Å²) in [5, 5.41) is 3.06. The van der Waals surface area contributed by atoms with Gasteiger partial charge in [-0.1, -0.05) is 43.2 Å². The summed E-state index contributed by atoms with van der Waals surface area (Å²) in [5.74, 6) is -0.0265. The fraction of sp³-hybridized carbons (Fsp3) is 0.632. The predicted octanol–water partition coefficient (Wildman–Crippen LogP) is 2.14. The summed E-state index contributed by atoms with van der Waals surface area (Å²) in [6.45, 7) is 4.96. The smallest absolute Gasteiger partial charge is 0.253 e. The van der Waals surface area contributed by atoms with Crippen LogP contribution < -0.4 is 5.32 Å². The highest BCUT2D eigenvalue weighted by atomic mass is 16.5. The first-order chi connectivity index (χ1) is 11.8. The Morgan fingerprint density at radius 3 is 2.62 bits per heavy atom. The Hall–Kier alpha value is -1.43. The zero-order valence-corrected chi connectivity index (χ0v) is 14.3. The molecule has 1 aromatic carbocycles. The van der Waals surface area contributed by atoms with Crippen molar-refractivity contribution in [2.24, 2.45) is 0 Å². The number of rotatable bonds is 7. The predicted molar refractivity (Wildman–Crippen MR) is 92.8 cm³/mol. The largest absolute Gasteiger partial charge is 0.379 e. The third-order valence-electron chi connectivity index (χ3n) is 4.80. The third-order valence-corrected chi connectivity index (χ3v) is 4.80. The van der Waals surface area contributed by atoms with Crippen molar-refractivity contribution in [3.05, 3.63) is 35.9 Å². The highest BCUT2D eigenvalue weighted by Crippen LogP contribution is 2.28. The zero-order valence-electron chi connectivity index (χ0n) is 14.3. The molecule has 1 aliphatic heterocycles. The summed E-state index contributed by atoms with van der Waals surface area (Å²) in [5.41, 5.74) is 0.938. The molecule has 1 saturated heterocycles. The van der Waals surface area contributed by atoms with Crippen molar-refractivity contribution in [3.8, 4) is 0 Å². The van der Waals surface area contributed by atoms with Gasteiger partial charge in [-0.15, -0.1) is 0 Å². The van der Waals surface area contributed by atoms with E-state index >= 15 is 0 Å². The maximum Gasteiger partial charge on any atom is 0.253 e. The van der Waals surface area contributed by atoms with Gasteiger partial charge in [0.1, 0.15) is 0 Å². The molecule has 0 radical (unpaired) electrons. The van der Waals surface area contributed by atoms with Crippen LogP contribution in [0.15, 0.2) is 30.3 Å². The van der Waals surface area contributed by atoms with Crippen LogP contribution in [0.2, 0.25) is 0 Å². The molecule has 5 heteroatoms. The normalized spacial score (nSPS) is 20.8. The van der Waals surface area contributed by atoms with Crippen molar-refractivity contribution in [1.29, 1.82) is 0 Å². The molecule has 1 N–H and O–H groups in total. The Kier molecular flexibility index (Phi) is 6.64. The van der Waals surface area contributed by atoms with Gasteiger partial charge in [-0.2, -0.15) is 0 Å². The minimum absolute atomic E-state index is 0.0265. The monoisotopic (exact) mass is 332 g/mol. The maximum atomic E-state index is 12.7. The summed E-state index contributed by atoms with van der Waals surface area (Å²) in [7, 11) is 0. The van der Waals surface area contributed by atoms with Crippen LogP contribution in [0.4, 0.5) is 0 Å². The molecule has 2 aliphatic rings. The van der Waals surface area contributed by atoms with Crippen molar-refractivity contribution in [2.75, 3.05) is 39.4 Å². The highest BCUT2D eigenvalue weighted by molar-refractivity contribution is 5.82. The molecule has 1 aliphatic carbocycles. The number of nitrogens with one attached hydrogen (secondary N) is 1. The molecule has 0 spiro atoms. The minimum atomic E-state index is -0.501. The van der Waals surface area contributed by atoms with E-state index in [2.05, 4.69) is 10.2 Å². The molecule has 24 heavy (non-hydrogen) atoms. The van der Waals surface area contributed by atoms with Gasteiger partial charge in [0, 0.05) is 26.2 Å². The van der Waals surface area contributed by atoms with Crippen LogP contribution >= 0.6 is 0 Å². The number of hydrogen-bond acceptors (Lipinski definition) is 4. The molecule has 0 unspecified atom stereocenters. The molecule has 5 nitrogen and oxygen atoms in total. The van der Waals surface area contributed by atoms with Crippen LogP contribution in [0.25, 0.3) is 0 Å². The Balaban J connectivity index is 1.53. The number of morpholine rings is 1. The van der Waals surface area contributed by atoms with Crippen molar-refractivity contribution < 1.29 is 14.3 Å². The molecule has 1 heterocycles. The van der Waals surface area contributed by atoms with Gasteiger partial charge in [0.05, 0.1) is 19.3 Å². The van der Waals surface area contributed by atoms with Crippen molar-refractivity contribution in [2.45, 2.75) is 37.9 Å².